The van der Waals surface area contributed by atoms with Crippen LogP contribution < -0.4 is 20.7 Å². The average Bonchev–Trinajstić information content (AvgIpc) is 3.18. The summed E-state index contributed by atoms with van der Waals surface area (Å²) in [5.74, 6) is 1.17. The lowest BCUT2D eigenvalue weighted by molar-refractivity contribution is -0.113. The summed E-state index contributed by atoms with van der Waals surface area (Å²) in [6, 6.07) is 43.3. The molecule has 0 amide bonds. The standard InChI is InChI=1S/C26H36O2Si.C26H36OSi/c1-21(20-22(2)23(3)27)14-13-19-28-29(26(4,5)6,24-15-9-7-10-16-24)25-17-11-8-12-18-25;1-7-22(2)21-23(3)15-14-20-27-28(26(4,5)6,24-16-10-8-11-17-24)25-18-12-9-13-19-25/h7-12,15-18,21H,2,13-14,19-20H2,1,3-6H3;8-13,16-19,23H,1,14-15,20-21H2,2-6H3/t21-;23-/m00/s1. The van der Waals surface area contributed by atoms with Crippen LogP contribution in [0.25, 0.3) is 0 Å². The number of carbonyl (C=O) groups excluding carboxylic acids is 1. The molecule has 0 aliphatic rings. The fourth-order valence-corrected chi connectivity index (χ4v) is 17.4. The van der Waals surface area contributed by atoms with Gasteiger partial charge in [-0.05, 0) is 106 Å². The van der Waals surface area contributed by atoms with E-state index in [-0.39, 0.29) is 15.9 Å². The van der Waals surface area contributed by atoms with Crippen LogP contribution in [0.1, 0.15) is 108 Å². The van der Waals surface area contributed by atoms with Crippen molar-refractivity contribution in [3.63, 3.8) is 0 Å². The van der Waals surface area contributed by atoms with Gasteiger partial charge in [-0.2, -0.15) is 0 Å². The highest BCUT2D eigenvalue weighted by atomic mass is 28.4. The first-order chi connectivity index (χ1) is 27.0. The Balaban J connectivity index is 0.000000306. The quantitative estimate of drug-likeness (QED) is 0.0410. The molecule has 0 saturated carbocycles. The molecule has 0 unspecified atom stereocenters. The summed E-state index contributed by atoms with van der Waals surface area (Å²) in [5.41, 5.74) is 4.99. The molecule has 2 atom stereocenters. The fourth-order valence-electron chi connectivity index (χ4n) is 8.20. The molecule has 3 nitrogen and oxygen atoms in total. The number of Topliss-reactive ketones (excluding diaryl/α,β-unsaturated/α-hetero) is 1. The van der Waals surface area contributed by atoms with E-state index in [1.807, 2.05) is 0 Å². The smallest absolute Gasteiger partial charge is 0.261 e. The van der Waals surface area contributed by atoms with Crippen molar-refractivity contribution in [1.29, 1.82) is 0 Å². The second-order valence-corrected chi connectivity index (χ2v) is 26.7. The summed E-state index contributed by atoms with van der Waals surface area (Å²) in [4.78, 5) is 11.4. The number of rotatable bonds is 19. The van der Waals surface area contributed by atoms with Crippen molar-refractivity contribution in [3.8, 4) is 0 Å². The zero-order valence-corrected chi connectivity index (χ0v) is 39.0. The van der Waals surface area contributed by atoms with E-state index in [4.69, 9.17) is 8.85 Å². The molecule has 0 saturated heterocycles. The highest BCUT2D eigenvalue weighted by molar-refractivity contribution is 7.00. The molecule has 0 N–H and O–H groups in total. The summed E-state index contributed by atoms with van der Waals surface area (Å²) in [6.07, 6.45) is 6.10. The molecule has 57 heavy (non-hydrogen) atoms. The Morgan fingerprint density at radius 3 is 1.14 bits per heavy atom. The number of benzene rings is 4. The van der Waals surface area contributed by atoms with Gasteiger partial charge in [0.1, 0.15) is 0 Å². The molecule has 4 aromatic carbocycles. The molecule has 0 radical (unpaired) electrons. The van der Waals surface area contributed by atoms with Gasteiger partial charge in [-0.25, -0.2) is 0 Å². The Labute approximate surface area is 349 Å². The molecule has 0 heterocycles. The van der Waals surface area contributed by atoms with Crippen LogP contribution in [0.4, 0.5) is 0 Å². The normalized spacial score (nSPS) is 13.1. The van der Waals surface area contributed by atoms with Gasteiger partial charge >= 0.3 is 0 Å². The minimum atomic E-state index is -2.44. The predicted molar refractivity (Wildman–Crippen MR) is 251 cm³/mol. The van der Waals surface area contributed by atoms with Crippen molar-refractivity contribution in [3.05, 3.63) is 151 Å². The van der Waals surface area contributed by atoms with Crippen molar-refractivity contribution in [2.24, 2.45) is 11.8 Å². The van der Waals surface area contributed by atoms with Crippen molar-refractivity contribution in [2.45, 2.75) is 118 Å². The van der Waals surface area contributed by atoms with Crippen molar-refractivity contribution in [1.82, 2.24) is 0 Å². The topological polar surface area (TPSA) is 35.5 Å². The fraction of sp³-hybridized carbons (Fsp3) is 0.423. The van der Waals surface area contributed by atoms with E-state index in [0.29, 0.717) is 11.8 Å². The summed E-state index contributed by atoms with van der Waals surface area (Å²) < 4.78 is 13.9. The molecular weight excluding hydrogens is 729 g/mol. The lowest BCUT2D eigenvalue weighted by atomic mass is 9.96. The number of allylic oxidation sites excluding steroid dienone is 2. The first kappa shape index (κ1) is 47.5. The maximum Gasteiger partial charge on any atom is 0.261 e. The predicted octanol–water partition coefficient (Wildman–Crippen LogP) is 11.6. The molecule has 4 rings (SSSR count). The summed E-state index contributed by atoms with van der Waals surface area (Å²) in [6.45, 7) is 31.3. The van der Waals surface area contributed by atoms with Gasteiger partial charge in [0.2, 0.25) is 0 Å². The third-order valence-electron chi connectivity index (χ3n) is 11.2. The number of ketones is 1. The van der Waals surface area contributed by atoms with Gasteiger partial charge in [0, 0.05) is 13.2 Å². The van der Waals surface area contributed by atoms with Crippen LogP contribution in [0.3, 0.4) is 0 Å². The molecule has 0 aromatic heterocycles. The highest BCUT2D eigenvalue weighted by Crippen LogP contribution is 2.38. The van der Waals surface area contributed by atoms with Crippen LogP contribution in [-0.4, -0.2) is 35.6 Å². The van der Waals surface area contributed by atoms with Crippen LogP contribution in [0, 0.1) is 11.8 Å². The molecular formula is C52H72O3Si2. The van der Waals surface area contributed by atoms with Gasteiger partial charge in [0.05, 0.1) is 0 Å². The largest absolute Gasteiger partial charge is 0.407 e. The molecule has 0 fully saturated rings. The van der Waals surface area contributed by atoms with Crippen LogP contribution in [-0.2, 0) is 13.6 Å². The maximum atomic E-state index is 11.4. The van der Waals surface area contributed by atoms with E-state index in [0.717, 1.165) is 57.3 Å². The Bertz CT molecular complexity index is 1750. The van der Waals surface area contributed by atoms with E-state index in [2.05, 4.69) is 203 Å². The van der Waals surface area contributed by atoms with E-state index in [9.17, 15) is 4.79 Å². The van der Waals surface area contributed by atoms with Crippen molar-refractivity contribution < 1.29 is 13.6 Å². The molecule has 306 valence electrons. The minimum Gasteiger partial charge on any atom is -0.407 e. The zero-order chi connectivity index (χ0) is 42.1. The van der Waals surface area contributed by atoms with E-state index >= 15 is 0 Å². The maximum absolute atomic E-state index is 11.4. The monoisotopic (exact) mass is 801 g/mol. The van der Waals surface area contributed by atoms with E-state index in [1.165, 1.54) is 26.3 Å². The van der Waals surface area contributed by atoms with Crippen LogP contribution in [0.15, 0.2) is 151 Å². The Hall–Kier alpha value is -3.84. The summed E-state index contributed by atoms with van der Waals surface area (Å²) in [5, 5.41) is 5.39. The van der Waals surface area contributed by atoms with Gasteiger partial charge < -0.3 is 8.85 Å². The molecule has 0 aliphatic heterocycles. The average molecular weight is 801 g/mol. The van der Waals surface area contributed by atoms with E-state index in [1.54, 1.807) is 6.92 Å². The van der Waals surface area contributed by atoms with Crippen LogP contribution in [0.2, 0.25) is 10.1 Å². The van der Waals surface area contributed by atoms with Gasteiger partial charge in [0.25, 0.3) is 16.6 Å². The van der Waals surface area contributed by atoms with Gasteiger partial charge in [-0.15, -0.1) is 5.73 Å². The zero-order valence-electron chi connectivity index (χ0n) is 37.0. The second kappa shape index (κ2) is 22.4. The van der Waals surface area contributed by atoms with Gasteiger partial charge in [0.15, 0.2) is 5.78 Å². The molecule has 0 aliphatic carbocycles. The highest BCUT2D eigenvalue weighted by Gasteiger charge is 2.51. The Kier molecular flexibility index (Phi) is 18.6. The summed E-state index contributed by atoms with van der Waals surface area (Å²) in [7, 11) is -4.83. The number of hydrogen-bond donors (Lipinski definition) is 0. The third kappa shape index (κ3) is 13.1. The summed E-state index contributed by atoms with van der Waals surface area (Å²) >= 11 is 0. The molecule has 5 heteroatoms. The van der Waals surface area contributed by atoms with Crippen LogP contribution in [0.5, 0.6) is 0 Å². The lowest BCUT2D eigenvalue weighted by Gasteiger charge is -2.43. The van der Waals surface area contributed by atoms with Gasteiger partial charge in [-0.3, -0.25) is 4.79 Å². The number of carbonyl (C=O) groups is 1. The Morgan fingerprint density at radius 2 is 0.877 bits per heavy atom. The SMILES string of the molecule is C=C(C[C@@H](C)CCCO[Si](c1ccccc1)(c1ccccc1)C(C)(C)C)C(C)=O.C=C=C(C)C[C@@H](C)CCCO[Si](c1ccccc1)(c1ccccc1)C(C)(C)C. The third-order valence-corrected chi connectivity index (χ3v) is 21.3. The van der Waals surface area contributed by atoms with E-state index < -0.39 is 16.6 Å². The molecule has 0 spiro atoms. The first-order valence-corrected chi connectivity index (χ1v) is 24.9. The van der Waals surface area contributed by atoms with Crippen molar-refractivity contribution >= 4 is 43.2 Å². The number of hydrogen-bond acceptors (Lipinski definition) is 3. The first-order valence-electron chi connectivity index (χ1n) is 21.0. The Morgan fingerprint density at radius 1 is 0.579 bits per heavy atom. The van der Waals surface area contributed by atoms with Crippen LogP contribution >= 0.6 is 0 Å². The van der Waals surface area contributed by atoms with Crippen molar-refractivity contribution in [2.75, 3.05) is 13.2 Å². The lowest BCUT2D eigenvalue weighted by Crippen LogP contribution is -2.66. The molecule has 0 bridgehead atoms. The molecule has 4 aromatic rings. The minimum absolute atomic E-state index is 0.00420. The van der Waals surface area contributed by atoms with Gasteiger partial charge in [-0.1, -0.05) is 190 Å². The second-order valence-electron chi connectivity index (χ2n) is 18.0.